The number of carboxylic acid groups (broad SMARTS) is 1. The molecule has 7 heteroatoms. The predicted molar refractivity (Wildman–Crippen MR) is 77.5 cm³/mol. The molecule has 0 saturated carbocycles. The first kappa shape index (κ1) is 23.2. The molecule has 0 aliphatic carbocycles. The fourth-order valence-corrected chi connectivity index (χ4v) is 8.30. The van der Waals surface area contributed by atoms with Gasteiger partial charge in [-0.05, 0) is 6.92 Å². The van der Waals surface area contributed by atoms with E-state index in [0.29, 0.717) is 0 Å². The second kappa shape index (κ2) is 11.5. The van der Waals surface area contributed by atoms with E-state index in [9.17, 15) is 9.59 Å². The summed E-state index contributed by atoms with van der Waals surface area (Å²) in [6.45, 7) is 13.3. The summed E-state index contributed by atoms with van der Waals surface area (Å²) in [4.78, 5) is 19.5. The van der Waals surface area contributed by atoms with Crippen LogP contribution < -0.4 is 0 Å². The van der Waals surface area contributed by atoms with E-state index >= 15 is 0 Å². The van der Waals surface area contributed by atoms with Crippen molar-refractivity contribution in [3.63, 3.8) is 0 Å². The summed E-state index contributed by atoms with van der Waals surface area (Å²) in [6, 6.07) is 0. The Labute approximate surface area is 134 Å². The van der Waals surface area contributed by atoms with Gasteiger partial charge in [-0.15, -0.1) is 0 Å². The van der Waals surface area contributed by atoms with E-state index in [1.54, 1.807) is 0 Å². The van der Waals surface area contributed by atoms with Crippen LogP contribution in [0.25, 0.3) is 0 Å². The number of aliphatic carboxylic acids is 1. The standard InChI is InChI=1S/C4H6O3.3C3H7O.CH3.Zr/c1-3(5)2-4(6)7;3*1-3(2)4;;/h2H2,1H3,(H,6,7);3*3H,1-2H3;1H3;/q;3*-1;;+3. The van der Waals surface area contributed by atoms with Crippen LogP contribution in [0.2, 0.25) is 4.63 Å². The van der Waals surface area contributed by atoms with Crippen molar-refractivity contribution in [2.24, 2.45) is 0 Å². The molecule has 0 saturated heterocycles. The van der Waals surface area contributed by atoms with Crippen molar-refractivity contribution < 1.29 is 44.7 Å². The van der Waals surface area contributed by atoms with E-state index in [-0.39, 0.29) is 30.5 Å². The summed E-state index contributed by atoms with van der Waals surface area (Å²) in [5.41, 5.74) is 0. The van der Waals surface area contributed by atoms with Crippen LogP contribution >= 0.6 is 0 Å². The zero-order chi connectivity index (χ0) is 17.2. The van der Waals surface area contributed by atoms with Gasteiger partial charge in [0.1, 0.15) is 12.2 Å². The van der Waals surface area contributed by atoms with Gasteiger partial charge in [-0.25, -0.2) is 0 Å². The van der Waals surface area contributed by atoms with Crippen molar-refractivity contribution in [1.82, 2.24) is 0 Å². The van der Waals surface area contributed by atoms with E-state index in [0.717, 1.165) is 0 Å². The third-order valence-corrected chi connectivity index (χ3v) is 8.38. The van der Waals surface area contributed by atoms with E-state index < -0.39 is 27.6 Å². The third kappa shape index (κ3) is 17.9. The molecule has 0 bridgehead atoms. The zero-order valence-corrected chi connectivity index (χ0v) is 16.9. The first-order chi connectivity index (χ1) is 9.38. The third-order valence-electron chi connectivity index (χ3n) is 1.75. The molecule has 0 aromatic heterocycles. The molecule has 6 nitrogen and oxygen atoms in total. The van der Waals surface area contributed by atoms with Gasteiger partial charge in [0.25, 0.3) is 0 Å². The molecule has 0 aromatic carbocycles. The average molecular weight is 386 g/mol. The second-order valence-corrected chi connectivity index (χ2v) is 11.6. The monoisotopic (exact) mass is 384 g/mol. The van der Waals surface area contributed by atoms with E-state index in [4.69, 9.17) is 13.5 Å². The number of hydrogen-bond acceptors (Lipinski definition) is 5. The van der Waals surface area contributed by atoms with Gasteiger partial charge in [-0.3, -0.25) is 9.59 Å². The summed E-state index contributed by atoms with van der Waals surface area (Å²) < 4.78 is 19.5. The van der Waals surface area contributed by atoms with Crippen LogP contribution in [0, 0.1) is 0 Å². The van der Waals surface area contributed by atoms with Crippen LogP contribution in [-0.2, 0) is 39.6 Å². The minimum absolute atomic E-state index is 0.174. The first-order valence-corrected chi connectivity index (χ1v) is 12.6. The normalized spacial score (nSPS) is 11.6. The van der Waals surface area contributed by atoms with Crippen molar-refractivity contribution in [2.45, 2.75) is 77.8 Å². The number of ketones is 1. The molecular formula is C14H30O6Zr. The van der Waals surface area contributed by atoms with E-state index in [1.165, 1.54) is 6.92 Å². The van der Waals surface area contributed by atoms with Crippen LogP contribution in [0.4, 0.5) is 0 Å². The number of rotatable bonds is 8. The Morgan fingerprint density at radius 3 is 1.29 bits per heavy atom. The van der Waals surface area contributed by atoms with Gasteiger partial charge in [0.15, 0.2) is 0 Å². The van der Waals surface area contributed by atoms with Gasteiger partial charge >= 0.3 is 100 Å². The minimum atomic E-state index is -3.21. The average Bonchev–Trinajstić information content (AvgIpc) is 2.09. The van der Waals surface area contributed by atoms with Gasteiger partial charge in [0.2, 0.25) is 0 Å². The molecule has 0 heterocycles. The summed E-state index contributed by atoms with van der Waals surface area (Å²) in [6.07, 6.45) is 0.162. The SMILES string of the molecule is CC(=O)CC(=O)O.CC(C)[O][Zr]([CH3])([O]C(C)C)[O]C(C)C. The van der Waals surface area contributed by atoms with Crippen LogP contribution in [0.5, 0.6) is 0 Å². The van der Waals surface area contributed by atoms with Crippen LogP contribution in [-0.4, -0.2) is 35.2 Å². The Kier molecular flexibility index (Phi) is 12.7. The topological polar surface area (TPSA) is 82.1 Å². The van der Waals surface area contributed by atoms with Crippen molar-refractivity contribution in [2.75, 3.05) is 0 Å². The molecule has 0 aliphatic heterocycles. The Morgan fingerprint density at radius 2 is 1.19 bits per heavy atom. The summed E-state index contributed by atoms with van der Waals surface area (Å²) >= 11 is -3.21. The molecule has 0 aromatic rings. The second-order valence-electron chi connectivity index (χ2n) is 5.63. The number of Topliss-reactive ketones (excluding diaryl/α,β-unsaturated/α-hetero) is 1. The molecule has 0 fully saturated rings. The van der Waals surface area contributed by atoms with Crippen LogP contribution in [0.15, 0.2) is 0 Å². The van der Waals surface area contributed by atoms with Gasteiger partial charge in [0, 0.05) is 0 Å². The van der Waals surface area contributed by atoms with Crippen molar-refractivity contribution in [1.29, 1.82) is 0 Å². The number of carbonyl (C=O) groups excluding carboxylic acids is 1. The molecule has 0 rings (SSSR count). The number of carbonyl (C=O) groups is 2. The van der Waals surface area contributed by atoms with Gasteiger partial charge in [-0.1, -0.05) is 0 Å². The quantitative estimate of drug-likeness (QED) is 0.646. The van der Waals surface area contributed by atoms with Crippen molar-refractivity contribution in [3.8, 4) is 0 Å². The fraction of sp³-hybridized carbons (Fsp3) is 0.857. The number of hydrogen-bond donors (Lipinski definition) is 1. The summed E-state index contributed by atoms with van der Waals surface area (Å²) in [7, 11) is 0. The Balaban J connectivity index is 0. The molecule has 0 spiro atoms. The molecule has 1 N–H and O–H groups in total. The van der Waals surface area contributed by atoms with Crippen LogP contribution in [0.1, 0.15) is 54.9 Å². The van der Waals surface area contributed by atoms with Gasteiger partial charge in [-0.2, -0.15) is 0 Å². The molecule has 0 aliphatic rings. The fourth-order valence-electron chi connectivity index (χ4n) is 1.58. The Bertz CT molecular complexity index is 276. The first-order valence-electron chi connectivity index (χ1n) is 7.12. The summed E-state index contributed by atoms with van der Waals surface area (Å²) in [5, 5.41) is 7.86. The van der Waals surface area contributed by atoms with Gasteiger partial charge in [0.05, 0.1) is 0 Å². The molecule has 21 heavy (non-hydrogen) atoms. The number of carboxylic acids is 1. The predicted octanol–water partition coefficient (Wildman–Crippen LogP) is 3.26. The van der Waals surface area contributed by atoms with E-state index in [1.807, 2.05) is 46.2 Å². The molecule has 0 unspecified atom stereocenters. The molecule has 0 radical (unpaired) electrons. The molecule has 126 valence electrons. The summed E-state index contributed by atoms with van der Waals surface area (Å²) in [5.74, 6) is -1.37. The van der Waals surface area contributed by atoms with Crippen LogP contribution in [0.3, 0.4) is 0 Å². The Morgan fingerprint density at radius 1 is 0.905 bits per heavy atom. The molecule has 0 amide bonds. The zero-order valence-electron chi connectivity index (χ0n) is 14.4. The maximum absolute atomic E-state index is 9.87. The van der Waals surface area contributed by atoms with E-state index in [2.05, 4.69) is 0 Å². The molecular weight excluding hydrogens is 355 g/mol. The van der Waals surface area contributed by atoms with Gasteiger partial charge < -0.3 is 5.11 Å². The van der Waals surface area contributed by atoms with Crippen molar-refractivity contribution in [3.05, 3.63) is 0 Å². The maximum atomic E-state index is 9.87. The Hall–Kier alpha value is -0.0969. The van der Waals surface area contributed by atoms with Crippen molar-refractivity contribution >= 4 is 11.8 Å². The molecule has 0 atom stereocenters.